The van der Waals surface area contributed by atoms with Crippen LogP contribution in [0.15, 0.2) is 29.5 Å². The second-order valence-electron chi connectivity index (χ2n) is 4.87. The number of hydrogen-bond donors (Lipinski definition) is 2. The van der Waals surface area contributed by atoms with Crippen LogP contribution in [0.4, 0.5) is 4.79 Å². The maximum absolute atomic E-state index is 12.3. The molecule has 0 radical (unpaired) electrons. The fourth-order valence-electron chi connectivity index (χ4n) is 2.21. The number of hydrogen-bond acceptors (Lipinski definition) is 3. The zero-order valence-electron chi connectivity index (χ0n) is 12.2. The molecule has 0 fully saturated rings. The first-order chi connectivity index (χ1) is 10.4. The first kappa shape index (κ1) is 16.6. The van der Waals surface area contributed by atoms with Gasteiger partial charge in [-0.05, 0) is 31.0 Å². The number of carbonyl (C=O) groups excluding carboxylic acids is 2. The molecule has 1 aliphatic heterocycles. The molecule has 0 spiro atoms. The van der Waals surface area contributed by atoms with Gasteiger partial charge in [-0.3, -0.25) is 0 Å². The number of halogens is 2. The SMILES string of the molecule is CCCOC(=O)C1=C(C)NC(=O)N[C@@H]1c1ccc(Cl)cc1Cl. The third-order valence-corrected chi connectivity index (χ3v) is 3.76. The summed E-state index contributed by atoms with van der Waals surface area (Å²) in [6.07, 6.45) is 0.713. The lowest BCUT2D eigenvalue weighted by Gasteiger charge is -2.28. The van der Waals surface area contributed by atoms with Crippen molar-refractivity contribution < 1.29 is 14.3 Å². The van der Waals surface area contributed by atoms with Gasteiger partial charge in [-0.1, -0.05) is 36.2 Å². The molecule has 1 aromatic rings. The predicted octanol–water partition coefficient (Wildman–Crippen LogP) is 3.57. The van der Waals surface area contributed by atoms with Gasteiger partial charge in [0.15, 0.2) is 0 Å². The van der Waals surface area contributed by atoms with Gasteiger partial charge in [-0.2, -0.15) is 0 Å². The molecule has 0 aliphatic carbocycles. The van der Waals surface area contributed by atoms with E-state index in [2.05, 4.69) is 10.6 Å². The second-order valence-corrected chi connectivity index (χ2v) is 5.72. The Kier molecular flexibility index (Phi) is 5.32. The van der Waals surface area contributed by atoms with E-state index in [4.69, 9.17) is 27.9 Å². The van der Waals surface area contributed by atoms with Crippen LogP contribution < -0.4 is 10.6 Å². The summed E-state index contributed by atoms with van der Waals surface area (Å²) in [6.45, 7) is 3.87. The summed E-state index contributed by atoms with van der Waals surface area (Å²) < 4.78 is 5.19. The molecule has 1 heterocycles. The van der Waals surface area contributed by atoms with Crippen molar-refractivity contribution in [2.24, 2.45) is 0 Å². The first-order valence-corrected chi connectivity index (χ1v) is 7.60. The lowest BCUT2D eigenvalue weighted by molar-refractivity contribution is -0.139. The van der Waals surface area contributed by atoms with E-state index < -0.39 is 18.0 Å². The average Bonchev–Trinajstić information content (AvgIpc) is 2.44. The monoisotopic (exact) mass is 342 g/mol. The highest BCUT2D eigenvalue weighted by atomic mass is 35.5. The molecule has 118 valence electrons. The third-order valence-electron chi connectivity index (χ3n) is 3.20. The van der Waals surface area contributed by atoms with Crippen LogP contribution in [-0.2, 0) is 9.53 Å². The molecular formula is C15H16Cl2N2O3. The van der Waals surface area contributed by atoms with Gasteiger partial charge in [0.25, 0.3) is 0 Å². The number of benzene rings is 1. The highest BCUT2D eigenvalue weighted by Gasteiger charge is 2.33. The van der Waals surface area contributed by atoms with E-state index in [1.54, 1.807) is 25.1 Å². The number of carbonyl (C=O) groups is 2. The summed E-state index contributed by atoms with van der Waals surface area (Å²) in [7, 11) is 0. The van der Waals surface area contributed by atoms with E-state index in [1.165, 1.54) is 0 Å². The molecular weight excluding hydrogens is 327 g/mol. The van der Waals surface area contributed by atoms with Gasteiger partial charge in [0.05, 0.1) is 18.2 Å². The smallest absolute Gasteiger partial charge is 0.338 e. The summed E-state index contributed by atoms with van der Waals surface area (Å²) in [5.41, 5.74) is 1.36. The highest BCUT2D eigenvalue weighted by Crippen LogP contribution is 2.33. The second kappa shape index (κ2) is 7.03. The number of nitrogens with one attached hydrogen (secondary N) is 2. The van der Waals surface area contributed by atoms with Crippen molar-refractivity contribution in [2.45, 2.75) is 26.3 Å². The molecule has 2 N–H and O–H groups in total. The van der Waals surface area contributed by atoms with Gasteiger partial charge in [-0.15, -0.1) is 0 Å². The molecule has 0 unspecified atom stereocenters. The van der Waals surface area contributed by atoms with Crippen molar-refractivity contribution in [1.82, 2.24) is 10.6 Å². The van der Waals surface area contributed by atoms with Crippen LogP contribution in [0, 0.1) is 0 Å². The number of urea groups is 1. The summed E-state index contributed by atoms with van der Waals surface area (Å²) in [6, 6.07) is 3.82. The molecule has 7 heteroatoms. The Labute approximate surface area is 138 Å². The molecule has 1 aromatic carbocycles. The van der Waals surface area contributed by atoms with Crippen LogP contribution in [0.5, 0.6) is 0 Å². The van der Waals surface area contributed by atoms with Crippen LogP contribution in [0.3, 0.4) is 0 Å². The Morgan fingerprint density at radius 1 is 1.36 bits per heavy atom. The van der Waals surface area contributed by atoms with Crippen molar-refractivity contribution in [2.75, 3.05) is 6.61 Å². The minimum absolute atomic E-state index is 0.310. The summed E-state index contributed by atoms with van der Waals surface area (Å²) in [5.74, 6) is -0.483. The quantitative estimate of drug-likeness (QED) is 0.822. The van der Waals surface area contributed by atoms with Crippen LogP contribution in [0.25, 0.3) is 0 Å². The van der Waals surface area contributed by atoms with Crippen molar-refractivity contribution in [3.05, 3.63) is 45.1 Å². The van der Waals surface area contributed by atoms with E-state index in [9.17, 15) is 9.59 Å². The van der Waals surface area contributed by atoms with E-state index in [0.717, 1.165) is 0 Å². The standard InChI is InChI=1S/C15H16Cl2N2O3/c1-3-6-22-14(20)12-8(2)18-15(21)19-13(12)10-5-4-9(16)7-11(10)17/h4-5,7,13H,3,6H2,1-2H3,(H2,18,19,21)/t13-/m1/s1. The van der Waals surface area contributed by atoms with Gasteiger partial charge in [0.2, 0.25) is 0 Å². The topological polar surface area (TPSA) is 67.4 Å². The fourth-order valence-corrected chi connectivity index (χ4v) is 2.72. The maximum Gasteiger partial charge on any atom is 0.338 e. The Bertz CT molecular complexity index is 644. The molecule has 0 aromatic heterocycles. The Morgan fingerprint density at radius 2 is 2.09 bits per heavy atom. The van der Waals surface area contributed by atoms with Crippen molar-refractivity contribution in [3.8, 4) is 0 Å². The summed E-state index contributed by atoms with van der Waals surface area (Å²) in [4.78, 5) is 24.0. The van der Waals surface area contributed by atoms with Gasteiger partial charge in [-0.25, -0.2) is 9.59 Å². The van der Waals surface area contributed by atoms with Crippen molar-refractivity contribution >= 4 is 35.2 Å². The average molecular weight is 343 g/mol. The van der Waals surface area contributed by atoms with Crippen LogP contribution in [0.2, 0.25) is 10.0 Å². The molecule has 0 saturated carbocycles. The zero-order chi connectivity index (χ0) is 16.3. The summed E-state index contributed by atoms with van der Waals surface area (Å²) in [5, 5.41) is 6.12. The molecule has 2 rings (SSSR count). The Morgan fingerprint density at radius 3 is 2.73 bits per heavy atom. The van der Waals surface area contributed by atoms with Gasteiger partial charge < -0.3 is 15.4 Å². The molecule has 2 amide bonds. The summed E-state index contributed by atoms with van der Waals surface area (Å²) >= 11 is 12.1. The molecule has 0 saturated heterocycles. The van der Waals surface area contributed by atoms with E-state index in [-0.39, 0.29) is 0 Å². The number of esters is 1. The number of allylic oxidation sites excluding steroid dienone is 1. The Balaban J connectivity index is 2.43. The van der Waals surface area contributed by atoms with E-state index in [0.29, 0.717) is 39.9 Å². The minimum Gasteiger partial charge on any atom is -0.462 e. The Hall–Kier alpha value is -1.72. The third kappa shape index (κ3) is 3.54. The van der Waals surface area contributed by atoms with Crippen molar-refractivity contribution in [3.63, 3.8) is 0 Å². The molecule has 0 bridgehead atoms. The van der Waals surface area contributed by atoms with Crippen LogP contribution in [-0.4, -0.2) is 18.6 Å². The van der Waals surface area contributed by atoms with Gasteiger partial charge >= 0.3 is 12.0 Å². The lowest BCUT2D eigenvalue weighted by Crippen LogP contribution is -2.45. The zero-order valence-corrected chi connectivity index (χ0v) is 13.7. The number of amides is 2. The number of rotatable bonds is 4. The molecule has 5 nitrogen and oxygen atoms in total. The molecule has 1 aliphatic rings. The number of ether oxygens (including phenoxy) is 1. The molecule has 1 atom stereocenters. The van der Waals surface area contributed by atoms with Gasteiger partial charge in [0, 0.05) is 15.7 Å². The largest absolute Gasteiger partial charge is 0.462 e. The predicted molar refractivity (Wildman–Crippen MR) is 84.8 cm³/mol. The lowest BCUT2D eigenvalue weighted by atomic mass is 9.95. The minimum atomic E-state index is -0.678. The maximum atomic E-state index is 12.3. The normalized spacial score (nSPS) is 17.8. The van der Waals surface area contributed by atoms with E-state index in [1.807, 2.05) is 6.92 Å². The van der Waals surface area contributed by atoms with Crippen LogP contribution >= 0.6 is 23.2 Å². The van der Waals surface area contributed by atoms with Crippen LogP contribution in [0.1, 0.15) is 31.9 Å². The fraction of sp³-hybridized carbons (Fsp3) is 0.333. The van der Waals surface area contributed by atoms with Gasteiger partial charge in [0.1, 0.15) is 0 Å². The molecule has 22 heavy (non-hydrogen) atoms. The van der Waals surface area contributed by atoms with E-state index >= 15 is 0 Å². The van der Waals surface area contributed by atoms with Crippen molar-refractivity contribution in [1.29, 1.82) is 0 Å². The highest BCUT2D eigenvalue weighted by molar-refractivity contribution is 6.35. The first-order valence-electron chi connectivity index (χ1n) is 6.84.